The van der Waals surface area contributed by atoms with Crippen molar-refractivity contribution in [3.05, 3.63) is 42.5 Å². The highest BCUT2D eigenvalue weighted by atomic mass is 19.1. The fraction of sp³-hybridized carbons (Fsp3) is 0.429. The molecule has 4 N–H and O–H groups in total. The van der Waals surface area contributed by atoms with Gasteiger partial charge in [0, 0.05) is 49.4 Å². The van der Waals surface area contributed by atoms with Gasteiger partial charge in [0.25, 0.3) is 0 Å². The van der Waals surface area contributed by atoms with Crippen LogP contribution < -0.4 is 20.7 Å². The molecule has 2 aliphatic carbocycles. The summed E-state index contributed by atoms with van der Waals surface area (Å²) in [6.07, 6.45) is 6.89. The Hall–Kier alpha value is -4.19. The standard InChI is InChI=1S/C28H32FN9O2/c1-40-25-13-19-21(14-24(25)39)31-15-32-26(19)38-27(30)34-28(35-38)33-18-4-5-22(20(29)12-18)36-6-8-37(9-7-36)23-11-16-2-3-17(23)10-16/h4-5,12-17,23,39H,2-3,6-11H2,1H3,(H3,30,33,34,35). The third-order valence-corrected chi connectivity index (χ3v) is 8.78. The number of fused-ring (bicyclic) bond motifs is 3. The fourth-order valence-electron chi connectivity index (χ4n) is 6.85. The van der Waals surface area contributed by atoms with Gasteiger partial charge in [-0.2, -0.15) is 9.67 Å². The van der Waals surface area contributed by atoms with Gasteiger partial charge in [0.2, 0.25) is 11.9 Å². The van der Waals surface area contributed by atoms with E-state index in [1.165, 1.54) is 55.9 Å². The average molecular weight is 546 g/mol. The molecule has 0 radical (unpaired) electrons. The lowest BCUT2D eigenvalue weighted by Gasteiger charge is -2.41. The first kappa shape index (κ1) is 24.8. The van der Waals surface area contributed by atoms with Gasteiger partial charge in [0.05, 0.1) is 18.3 Å². The molecular weight excluding hydrogens is 513 g/mol. The van der Waals surface area contributed by atoms with Crippen LogP contribution in [-0.2, 0) is 0 Å². The zero-order valence-corrected chi connectivity index (χ0v) is 22.3. The largest absolute Gasteiger partial charge is 0.504 e. The summed E-state index contributed by atoms with van der Waals surface area (Å²) < 4.78 is 21.9. The predicted octanol–water partition coefficient (Wildman–Crippen LogP) is 3.70. The molecule has 3 aliphatic rings. The minimum atomic E-state index is -0.292. The van der Waals surface area contributed by atoms with E-state index >= 15 is 4.39 Å². The summed E-state index contributed by atoms with van der Waals surface area (Å²) in [6, 6.07) is 8.91. The van der Waals surface area contributed by atoms with Crippen LogP contribution in [0.4, 0.5) is 27.7 Å². The zero-order valence-electron chi connectivity index (χ0n) is 22.3. The molecule has 208 valence electrons. The van der Waals surface area contributed by atoms with Crippen molar-refractivity contribution in [1.29, 1.82) is 0 Å². The van der Waals surface area contributed by atoms with Gasteiger partial charge >= 0.3 is 0 Å². The number of phenols is 1. The number of nitrogens with one attached hydrogen (secondary N) is 1. The van der Waals surface area contributed by atoms with Crippen LogP contribution in [0.5, 0.6) is 11.5 Å². The Morgan fingerprint density at radius 3 is 2.65 bits per heavy atom. The van der Waals surface area contributed by atoms with Gasteiger partial charge in [0.15, 0.2) is 17.3 Å². The molecule has 3 unspecified atom stereocenters. The maximum absolute atomic E-state index is 15.3. The number of methoxy groups -OCH3 is 1. The molecule has 1 saturated heterocycles. The number of anilines is 4. The van der Waals surface area contributed by atoms with E-state index in [0.717, 1.165) is 44.1 Å². The number of ether oxygens (including phenoxy) is 1. The number of aromatic hydroxyl groups is 1. The van der Waals surface area contributed by atoms with Crippen molar-refractivity contribution in [3.8, 4) is 17.3 Å². The minimum absolute atomic E-state index is 0.0402. The highest BCUT2D eigenvalue weighted by Crippen LogP contribution is 2.47. The van der Waals surface area contributed by atoms with E-state index < -0.39 is 0 Å². The number of phenolic OH excluding ortho intramolecular Hbond substituents is 1. The molecule has 0 amide bonds. The van der Waals surface area contributed by atoms with Crippen LogP contribution in [0.2, 0.25) is 0 Å². The summed E-state index contributed by atoms with van der Waals surface area (Å²) in [5.41, 5.74) is 7.78. The molecule has 7 rings (SSSR count). The molecule has 3 fully saturated rings. The molecule has 2 bridgehead atoms. The number of nitrogens with zero attached hydrogens (tertiary/aromatic N) is 7. The number of rotatable bonds is 6. The highest BCUT2D eigenvalue weighted by molar-refractivity contribution is 5.88. The van der Waals surface area contributed by atoms with Gasteiger partial charge in [-0.25, -0.2) is 14.4 Å². The third-order valence-electron chi connectivity index (χ3n) is 8.78. The minimum Gasteiger partial charge on any atom is -0.504 e. The summed E-state index contributed by atoms with van der Waals surface area (Å²) >= 11 is 0. The molecule has 11 nitrogen and oxygen atoms in total. The number of halogens is 1. The molecule has 3 atom stereocenters. The van der Waals surface area contributed by atoms with E-state index in [1.807, 2.05) is 12.1 Å². The first-order valence-corrected chi connectivity index (χ1v) is 13.8. The summed E-state index contributed by atoms with van der Waals surface area (Å²) in [5, 5.41) is 18.2. The third kappa shape index (κ3) is 4.32. The SMILES string of the molecule is COc1cc2c(-n3nc(Nc4ccc(N5CCN(C6CC7CCC6C7)CC5)c(F)c4)nc3N)ncnc2cc1O. The maximum Gasteiger partial charge on any atom is 0.248 e. The molecule has 40 heavy (non-hydrogen) atoms. The van der Waals surface area contributed by atoms with Gasteiger partial charge in [-0.15, -0.1) is 5.10 Å². The number of hydrogen-bond acceptors (Lipinski definition) is 10. The van der Waals surface area contributed by atoms with Crippen molar-refractivity contribution in [2.24, 2.45) is 11.8 Å². The van der Waals surface area contributed by atoms with E-state index in [2.05, 4.69) is 35.2 Å². The lowest BCUT2D eigenvalue weighted by atomic mass is 9.93. The molecule has 2 aromatic heterocycles. The van der Waals surface area contributed by atoms with E-state index in [0.29, 0.717) is 28.1 Å². The Bertz CT molecular complexity index is 1570. The molecular formula is C28H32FN9O2. The van der Waals surface area contributed by atoms with Crippen molar-refractivity contribution in [1.82, 2.24) is 29.6 Å². The second-order valence-electron chi connectivity index (χ2n) is 11.0. The van der Waals surface area contributed by atoms with Crippen LogP contribution in [-0.4, -0.2) is 74.1 Å². The topological polar surface area (TPSA) is 130 Å². The van der Waals surface area contributed by atoms with E-state index in [1.54, 1.807) is 6.07 Å². The van der Waals surface area contributed by atoms with Crippen molar-refractivity contribution in [3.63, 3.8) is 0 Å². The molecule has 2 aromatic carbocycles. The predicted molar refractivity (Wildman–Crippen MR) is 150 cm³/mol. The number of piperazine rings is 1. The zero-order chi connectivity index (χ0) is 27.4. The van der Waals surface area contributed by atoms with Gasteiger partial charge in [-0.3, -0.25) is 4.90 Å². The van der Waals surface area contributed by atoms with E-state index in [9.17, 15) is 5.11 Å². The van der Waals surface area contributed by atoms with Crippen LogP contribution in [0.25, 0.3) is 16.7 Å². The Morgan fingerprint density at radius 1 is 1.07 bits per heavy atom. The molecule has 4 aromatic rings. The summed E-state index contributed by atoms with van der Waals surface area (Å²) in [7, 11) is 1.46. The number of benzene rings is 2. The molecule has 12 heteroatoms. The van der Waals surface area contributed by atoms with Crippen molar-refractivity contribution in [2.75, 3.05) is 49.2 Å². The monoisotopic (exact) mass is 545 g/mol. The Balaban J connectivity index is 1.06. The second-order valence-corrected chi connectivity index (χ2v) is 11.0. The van der Waals surface area contributed by atoms with Crippen LogP contribution in [0.15, 0.2) is 36.7 Å². The second kappa shape index (κ2) is 9.77. The van der Waals surface area contributed by atoms with Crippen LogP contribution in [0.3, 0.4) is 0 Å². The van der Waals surface area contributed by atoms with Gasteiger partial charge in [-0.05, 0) is 55.4 Å². The normalized spacial score (nSPS) is 22.8. The van der Waals surface area contributed by atoms with Crippen LogP contribution >= 0.6 is 0 Å². The van der Waals surface area contributed by atoms with Crippen LogP contribution in [0, 0.1) is 17.7 Å². The summed E-state index contributed by atoms with van der Waals surface area (Å²) in [5.74, 6) is 2.38. The van der Waals surface area contributed by atoms with Gasteiger partial charge < -0.3 is 25.8 Å². The van der Waals surface area contributed by atoms with Gasteiger partial charge in [0.1, 0.15) is 12.1 Å². The lowest BCUT2D eigenvalue weighted by molar-refractivity contribution is 0.134. The number of nitrogens with two attached hydrogens (primary N) is 1. The first-order chi connectivity index (χ1) is 19.5. The molecule has 3 heterocycles. The van der Waals surface area contributed by atoms with Crippen molar-refractivity contribution >= 4 is 34.2 Å². The molecule has 2 saturated carbocycles. The maximum atomic E-state index is 15.3. The summed E-state index contributed by atoms with van der Waals surface area (Å²) in [6.45, 7) is 3.62. The number of nitrogen functional groups attached to an aromatic ring is 1. The van der Waals surface area contributed by atoms with Gasteiger partial charge in [-0.1, -0.05) is 6.42 Å². The first-order valence-electron chi connectivity index (χ1n) is 13.8. The number of aromatic nitrogens is 5. The van der Waals surface area contributed by atoms with Crippen LogP contribution in [0.1, 0.15) is 25.7 Å². The number of hydrogen-bond donors (Lipinski definition) is 3. The quantitative estimate of drug-likeness (QED) is 0.330. The van der Waals surface area contributed by atoms with E-state index in [4.69, 9.17) is 10.5 Å². The van der Waals surface area contributed by atoms with Crippen molar-refractivity contribution < 1.29 is 14.2 Å². The fourth-order valence-corrected chi connectivity index (χ4v) is 6.85. The Kier molecular flexibility index (Phi) is 6.06. The lowest BCUT2D eigenvalue weighted by Crippen LogP contribution is -2.52. The molecule has 1 aliphatic heterocycles. The Labute approximate surface area is 230 Å². The summed E-state index contributed by atoms with van der Waals surface area (Å²) in [4.78, 5) is 17.6. The Morgan fingerprint density at radius 2 is 1.93 bits per heavy atom. The smallest absolute Gasteiger partial charge is 0.248 e. The van der Waals surface area contributed by atoms with E-state index in [-0.39, 0.29) is 29.2 Å². The average Bonchev–Trinajstić information content (AvgIpc) is 3.69. The van der Waals surface area contributed by atoms with Crippen molar-refractivity contribution in [2.45, 2.75) is 31.7 Å². The molecule has 0 spiro atoms. The highest BCUT2D eigenvalue weighted by Gasteiger charge is 2.42.